The van der Waals surface area contributed by atoms with Crippen molar-refractivity contribution < 1.29 is 23.5 Å². The molecule has 0 saturated heterocycles. The summed E-state index contributed by atoms with van der Waals surface area (Å²) < 4.78 is 25.8. The number of nitrogens with zero attached hydrogens (tertiary/aromatic N) is 1. The van der Waals surface area contributed by atoms with E-state index in [1.54, 1.807) is 26.8 Å². The quantitative estimate of drug-likeness (QED) is 0.805. The minimum Gasteiger partial charge on any atom is -0.494 e. The number of rotatable bonds is 3. The van der Waals surface area contributed by atoms with Crippen molar-refractivity contribution in [3.05, 3.63) is 41.8 Å². The summed E-state index contributed by atoms with van der Waals surface area (Å²) in [6, 6.07) is 5.93. The maximum absolute atomic E-state index is 14.2. The minimum absolute atomic E-state index is 0.121. The summed E-state index contributed by atoms with van der Waals surface area (Å²) in [7, 11) is 1.35. The van der Waals surface area contributed by atoms with Gasteiger partial charge >= 0.3 is 6.09 Å². The van der Waals surface area contributed by atoms with Crippen molar-refractivity contribution in [3.8, 4) is 17.0 Å². The van der Waals surface area contributed by atoms with Gasteiger partial charge in [-0.05, 0) is 32.9 Å². The van der Waals surface area contributed by atoms with Crippen LogP contribution in [0.4, 0.5) is 9.18 Å². The zero-order chi connectivity index (χ0) is 17.2. The van der Waals surface area contributed by atoms with Gasteiger partial charge in [-0.25, -0.2) is 13.8 Å². The molecule has 5 nitrogen and oxygen atoms in total. The first-order chi connectivity index (χ1) is 10.8. The van der Waals surface area contributed by atoms with E-state index in [2.05, 4.69) is 0 Å². The lowest BCUT2D eigenvalue weighted by Crippen LogP contribution is -2.27. The Hall–Kier alpha value is -2.63. The third-order valence-corrected chi connectivity index (χ3v) is 3.04. The monoisotopic (exact) mass is 319 g/mol. The van der Waals surface area contributed by atoms with E-state index in [9.17, 15) is 14.0 Å². The number of carbonyl (C=O) groups is 2. The molecule has 0 atom stereocenters. The number of hydrogen-bond donors (Lipinski definition) is 0. The van der Waals surface area contributed by atoms with E-state index in [0.29, 0.717) is 6.29 Å². The normalized spacial score (nSPS) is 11.2. The predicted molar refractivity (Wildman–Crippen MR) is 83.4 cm³/mol. The van der Waals surface area contributed by atoms with E-state index in [4.69, 9.17) is 9.47 Å². The topological polar surface area (TPSA) is 57.5 Å². The van der Waals surface area contributed by atoms with Crippen LogP contribution in [0.2, 0.25) is 0 Å². The van der Waals surface area contributed by atoms with E-state index in [1.165, 1.54) is 31.5 Å². The van der Waals surface area contributed by atoms with Crippen LogP contribution < -0.4 is 4.74 Å². The van der Waals surface area contributed by atoms with E-state index >= 15 is 0 Å². The molecule has 0 aliphatic rings. The van der Waals surface area contributed by atoms with Gasteiger partial charge in [0.15, 0.2) is 12.0 Å². The van der Waals surface area contributed by atoms with E-state index in [0.717, 1.165) is 4.57 Å². The number of carbonyl (C=O) groups excluding carboxylic acids is 2. The first-order valence-electron chi connectivity index (χ1n) is 7.01. The number of aldehydes is 1. The van der Waals surface area contributed by atoms with Gasteiger partial charge < -0.3 is 9.47 Å². The van der Waals surface area contributed by atoms with Crippen molar-refractivity contribution in [2.45, 2.75) is 26.4 Å². The van der Waals surface area contributed by atoms with E-state index < -0.39 is 17.5 Å². The average Bonchev–Trinajstić information content (AvgIpc) is 2.84. The summed E-state index contributed by atoms with van der Waals surface area (Å²) in [6.45, 7) is 5.15. The molecule has 0 aliphatic carbocycles. The highest BCUT2D eigenvalue weighted by Gasteiger charge is 2.27. The maximum Gasteiger partial charge on any atom is 0.419 e. The summed E-state index contributed by atoms with van der Waals surface area (Å²) in [6.07, 6.45) is 1.10. The Morgan fingerprint density at radius 1 is 1.26 bits per heavy atom. The molecule has 1 aromatic carbocycles. The van der Waals surface area contributed by atoms with Gasteiger partial charge in [0.2, 0.25) is 0 Å². The predicted octanol–water partition coefficient (Wildman–Crippen LogP) is 3.90. The number of aromatic nitrogens is 1. The zero-order valence-corrected chi connectivity index (χ0v) is 13.4. The van der Waals surface area contributed by atoms with Crippen molar-refractivity contribution in [1.29, 1.82) is 0 Å². The summed E-state index contributed by atoms with van der Waals surface area (Å²) >= 11 is 0. The van der Waals surface area contributed by atoms with Gasteiger partial charge in [-0.3, -0.25) is 4.79 Å². The van der Waals surface area contributed by atoms with Gasteiger partial charge in [0.25, 0.3) is 0 Å². The molecule has 0 N–H and O–H groups in total. The van der Waals surface area contributed by atoms with Crippen molar-refractivity contribution in [2.24, 2.45) is 0 Å². The Morgan fingerprint density at radius 3 is 2.43 bits per heavy atom. The van der Waals surface area contributed by atoms with Crippen LogP contribution in [0.15, 0.2) is 30.5 Å². The second-order valence-corrected chi connectivity index (χ2v) is 5.91. The SMILES string of the molecule is COc1c(C=O)cn(C(=O)OC(C)(C)C)c1-c1ccccc1F. The molecule has 1 aromatic heterocycles. The van der Waals surface area contributed by atoms with Crippen LogP contribution in [0.5, 0.6) is 5.75 Å². The van der Waals surface area contributed by atoms with Crippen molar-refractivity contribution >= 4 is 12.4 Å². The van der Waals surface area contributed by atoms with Crippen LogP contribution in [-0.4, -0.2) is 29.7 Å². The first kappa shape index (κ1) is 16.7. The third-order valence-electron chi connectivity index (χ3n) is 3.04. The second-order valence-electron chi connectivity index (χ2n) is 5.91. The number of hydrogen-bond acceptors (Lipinski definition) is 4. The molecule has 0 aliphatic heterocycles. The number of halogens is 1. The molecule has 6 heteroatoms. The van der Waals surface area contributed by atoms with Crippen molar-refractivity contribution in [2.75, 3.05) is 7.11 Å². The fourth-order valence-corrected chi connectivity index (χ4v) is 2.17. The Bertz CT molecular complexity index is 744. The lowest BCUT2D eigenvalue weighted by molar-refractivity contribution is 0.0539. The molecular weight excluding hydrogens is 301 g/mol. The fraction of sp³-hybridized carbons (Fsp3) is 0.294. The van der Waals surface area contributed by atoms with Crippen LogP contribution >= 0.6 is 0 Å². The zero-order valence-electron chi connectivity index (χ0n) is 13.4. The second kappa shape index (κ2) is 6.24. The van der Waals surface area contributed by atoms with Gasteiger partial charge in [-0.15, -0.1) is 0 Å². The minimum atomic E-state index is -0.734. The molecule has 2 rings (SSSR count). The molecule has 0 bridgehead atoms. The van der Waals surface area contributed by atoms with Gasteiger partial charge in [0.05, 0.1) is 12.7 Å². The molecular formula is C17H18FNO4. The molecule has 0 saturated carbocycles. The highest BCUT2D eigenvalue weighted by molar-refractivity contribution is 5.91. The lowest BCUT2D eigenvalue weighted by Gasteiger charge is -2.20. The molecule has 0 unspecified atom stereocenters. The summed E-state index contributed by atoms with van der Waals surface area (Å²) in [4.78, 5) is 23.6. The first-order valence-corrected chi connectivity index (χ1v) is 7.01. The lowest BCUT2D eigenvalue weighted by atomic mass is 10.1. The molecule has 23 heavy (non-hydrogen) atoms. The Kier molecular flexibility index (Phi) is 4.54. The molecule has 0 fully saturated rings. The highest BCUT2D eigenvalue weighted by atomic mass is 19.1. The van der Waals surface area contributed by atoms with Crippen molar-refractivity contribution in [1.82, 2.24) is 4.57 Å². The molecule has 1 heterocycles. The maximum atomic E-state index is 14.2. The van der Waals surface area contributed by atoms with Crippen LogP contribution in [0.3, 0.4) is 0 Å². The Labute approximate surface area is 133 Å². The van der Waals surface area contributed by atoms with Crippen LogP contribution in [-0.2, 0) is 4.74 Å². The van der Waals surface area contributed by atoms with Gasteiger partial charge in [0, 0.05) is 11.8 Å². The molecule has 0 radical (unpaired) electrons. The largest absolute Gasteiger partial charge is 0.494 e. The number of ether oxygens (including phenoxy) is 2. The Morgan fingerprint density at radius 2 is 1.91 bits per heavy atom. The number of methoxy groups -OCH3 is 1. The van der Waals surface area contributed by atoms with Crippen LogP contribution in [0.25, 0.3) is 11.3 Å². The standard InChI is InChI=1S/C17H18FNO4/c1-17(2,3)23-16(21)19-9-11(10-20)15(22-4)14(19)12-7-5-6-8-13(12)18/h5-10H,1-4H3. The molecule has 2 aromatic rings. The van der Waals surface area contributed by atoms with Gasteiger partial charge in [-0.1, -0.05) is 12.1 Å². The Balaban J connectivity index is 2.68. The fourth-order valence-electron chi connectivity index (χ4n) is 2.17. The van der Waals surface area contributed by atoms with Crippen LogP contribution in [0, 0.1) is 5.82 Å². The summed E-state index contributed by atoms with van der Waals surface area (Å²) in [5, 5.41) is 0. The van der Waals surface area contributed by atoms with Gasteiger partial charge in [-0.2, -0.15) is 0 Å². The average molecular weight is 319 g/mol. The number of benzene rings is 1. The van der Waals surface area contributed by atoms with Crippen LogP contribution in [0.1, 0.15) is 31.1 Å². The van der Waals surface area contributed by atoms with E-state index in [1.807, 2.05) is 0 Å². The summed E-state index contributed by atoms with van der Waals surface area (Å²) in [5.41, 5.74) is -0.315. The molecule has 0 spiro atoms. The van der Waals surface area contributed by atoms with Gasteiger partial charge in [0.1, 0.15) is 17.1 Å². The molecule has 122 valence electrons. The molecule has 0 amide bonds. The third kappa shape index (κ3) is 3.41. The van der Waals surface area contributed by atoms with E-state index in [-0.39, 0.29) is 22.6 Å². The smallest absolute Gasteiger partial charge is 0.419 e. The highest BCUT2D eigenvalue weighted by Crippen LogP contribution is 2.36. The summed E-state index contributed by atoms with van der Waals surface area (Å²) in [5.74, 6) is -0.415. The van der Waals surface area contributed by atoms with Crippen molar-refractivity contribution in [3.63, 3.8) is 0 Å².